The van der Waals surface area contributed by atoms with Crippen LogP contribution in [0.25, 0.3) is 16.4 Å². The quantitative estimate of drug-likeness (QED) is 0.757. The van der Waals surface area contributed by atoms with Gasteiger partial charge in [-0.2, -0.15) is 0 Å². The van der Waals surface area contributed by atoms with Crippen molar-refractivity contribution in [3.8, 4) is 0 Å². The summed E-state index contributed by atoms with van der Waals surface area (Å²) in [4.78, 5) is 11.7. The van der Waals surface area contributed by atoms with Gasteiger partial charge in [0.05, 0.1) is 6.54 Å². The number of benzene rings is 1. The Morgan fingerprint density at radius 2 is 2.21 bits per heavy atom. The molecule has 0 saturated heterocycles. The Balaban J connectivity index is 2.32. The van der Waals surface area contributed by atoms with Gasteiger partial charge in [-0.05, 0) is 31.0 Å². The summed E-state index contributed by atoms with van der Waals surface area (Å²) in [6.07, 6.45) is 2.75. The Morgan fingerprint density at radius 3 is 2.89 bits per heavy atom. The topological polar surface area (TPSA) is 56.7 Å². The SMILES string of the molecule is Cc1ccc2c(c1)c(C[C@H](C)C(=O)CN=[N-])cn2C. The number of hydrogen-bond acceptors (Lipinski definition) is 2. The lowest BCUT2D eigenvalue weighted by atomic mass is 9.96. The Bertz CT molecular complexity index is 628. The summed E-state index contributed by atoms with van der Waals surface area (Å²) in [5.74, 6) is -0.172. The summed E-state index contributed by atoms with van der Waals surface area (Å²) in [6, 6.07) is 6.34. The highest BCUT2D eigenvalue weighted by Crippen LogP contribution is 2.24. The standard InChI is InChI=1S/C15H18N3O/c1-10-4-5-14-13(6-10)12(9-18(14)3)7-11(2)15(19)8-17-16/h4-6,9,11H,7-8H2,1-3H3/q-1/t11-/m0/s1. The summed E-state index contributed by atoms with van der Waals surface area (Å²) in [7, 11) is 2.01. The second-order valence-electron chi connectivity index (χ2n) is 5.16. The van der Waals surface area contributed by atoms with Gasteiger partial charge in [-0.25, -0.2) is 0 Å². The van der Waals surface area contributed by atoms with Crippen LogP contribution in [0.4, 0.5) is 0 Å². The van der Waals surface area contributed by atoms with Gasteiger partial charge in [-0.15, -0.1) is 0 Å². The molecule has 0 N–H and O–H groups in total. The van der Waals surface area contributed by atoms with Crippen molar-refractivity contribution in [3.05, 3.63) is 41.1 Å². The highest BCUT2D eigenvalue weighted by molar-refractivity contribution is 5.87. The maximum atomic E-state index is 11.7. The fourth-order valence-corrected chi connectivity index (χ4v) is 2.42. The summed E-state index contributed by atoms with van der Waals surface area (Å²) < 4.78 is 2.08. The number of rotatable bonds is 5. The zero-order chi connectivity index (χ0) is 14.0. The van der Waals surface area contributed by atoms with E-state index in [9.17, 15) is 4.79 Å². The van der Waals surface area contributed by atoms with Crippen molar-refractivity contribution in [1.82, 2.24) is 4.57 Å². The van der Waals surface area contributed by atoms with Gasteiger partial charge in [0.15, 0.2) is 5.78 Å². The molecule has 2 rings (SSSR count). The van der Waals surface area contributed by atoms with Crippen LogP contribution >= 0.6 is 0 Å². The van der Waals surface area contributed by atoms with E-state index in [-0.39, 0.29) is 18.2 Å². The molecule has 1 atom stereocenters. The molecule has 1 aromatic carbocycles. The van der Waals surface area contributed by atoms with Crippen molar-refractivity contribution in [3.63, 3.8) is 0 Å². The van der Waals surface area contributed by atoms with Crippen LogP contribution in [0.1, 0.15) is 18.1 Å². The van der Waals surface area contributed by atoms with Crippen molar-refractivity contribution in [2.75, 3.05) is 6.54 Å². The highest BCUT2D eigenvalue weighted by Gasteiger charge is 2.15. The minimum absolute atomic E-state index is 0.0350. The van der Waals surface area contributed by atoms with Crippen LogP contribution in [0, 0.1) is 12.8 Å². The molecule has 0 unspecified atom stereocenters. The minimum Gasteiger partial charge on any atom is -0.712 e. The van der Waals surface area contributed by atoms with Crippen LogP contribution in [-0.4, -0.2) is 16.9 Å². The number of Topliss-reactive ketones (excluding diaryl/α,β-unsaturated/α-hetero) is 1. The van der Waals surface area contributed by atoms with E-state index < -0.39 is 0 Å². The van der Waals surface area contributed by atoms with Crippen LogP contribution in [0.2, 0.25) is 0 Å². The molecule has 0 amide bonds. The van der Waals surface area contributed by atoms with Gasteiger partial charge in [0.1, 0.15) is 0 Å². The maximum Gasteiger partial charge on any atom is 0.155 e. The molecule has 4 heteroatoms. The second kappa shape index (κ2) is 5.34. The predicted molar refractivity (Wildman–Crippen MR) is 76.2 cm³/mol. The number of aryl methyl sites for hydroxylation is 2. The van der Waals surface area contributed by atoms with E-state index in [2.05, 4.69) is 41.0 Å². The zero-order valence-corrected chi connectivity index (χ0v) is 11.6. The highest BCUT2D eigenvalue weighted by atomic mass is 16.1. The molecule has 4 nitrogen and oxygen atoms in total. The molecule has 1 aromatic heterocycles. The number of nitrogens with zero attached hydrogens (tertiary/aromatic N) is 3. The molecule has 0 spiro atoms. The van der Waals surface area contributed by atoms with Crippen molar-refractivity contribution in [2.45, 2.75) is 20.3 Å². The summed E-state index contributed by atoms with van der Waals surface area (Å²) in [5, 5.41) is 4.12. The van der Waals surface area contributed by atoms with E-state index in [4.69, 9.17) is 5.53 Å². The minimum atomic E-state index is -0.137. The summed E-state index contributed by atoms with van der Waals surface area (Å²) in [5.41, 5.74) is 12.0. The number of carbonyl (C=O) groups is 1. The third-order valence-electron chi connectivity index (χ3n) is 3.53. The van der Waals surface area contributed by atoms with E-state index in [1.54, 1.807) is 0 Å². The third-order valence-corrected chi connectivity index (χ3v) is 3.53. The molecule has 19 heavy (non-hydrogen) atoms. The maximum absolute atomic E-state index is 11.7. The summed E-state index contributed by atoms with van der Waals surface area (Å²) >= 11 is 0. The molecular weight excluding hydrogens is 238 g/mol. The largest absolute Gasteiger partial charge is 0.712 e. The Morgan fingerprint density at radius 1 is 1.47 bits per heavy atom. The fraction of sp³-hybridized carbons (Fsp3) is 0.400. The third kappa shape index (κ3) is 2.72. The van der Waals surface area contributed by atoms with E-state index in [1.807, 2.05) is 14.0 Å². The normalized spacial score (nSPS) is 12.6. The number of carbonyl (C=O) groups excluding carboxylic acids is 1. The molecule has 0 radical (unpaired) electrons. The van der Waals surface area contributed by atoms with Gasteiger partial charge >= 0.3 is 0 Å². The number of hydrogen-bond donors (Lipinski definition) is 0. The van der Waals surface area contributed by atoms with Gasteiger partial charge in [0.2, 0.25) is 0 Å². The molecule has 0 fully saturated rings. The van der Waals surface area contributed by atoms with Gasteiger partial charge in [0.25, 0.3) is 0 Å². The Kier molecular flexibility index (Phi) is 3.79. The first kappa shape index (κ1) is 13.5. The summed E-state index contributed by atoms with van der Waals surface area (Å²) in [6.45, 7) is 3.82. The average Bonchev–Trinajstić information content (AvgIpc) is 2.66. The molecule has 1 heterocycles. The van der Waals surface area contributed by atoms with Crippen molar-refractivity contribution >= 4 is 16.7 Å². The molecule has 0 saturated carbocycles. The first-order chi connectivity index (χ1) is 9.02. The fourth-order valence-electron chi connectivity index (χ4n) is 2.42. The van der Waals surface area contributed by atoms with Gasteiger partial charge in [-0.3, -0.25) is 4.79 Å². The van der Waals surface area contributed by atoms with Crippen molar-refractivity contribution in [1.29, 1.82) is 0 Å². The molecule has 0 aliphatic heterocycles. The molecule has 0 aliphatic carbocycles. The Labute approximate surface area is 112 Å². The van der Waals surface area contributed by atoms with Crippen molar-refractivity contribution < 1.29 is 4.79 Å². The molecule has 100 valence electrons. The molecular formula is C15H18N3O-. The van der Waals surface area contributed by atoms with E-state index >= 15 is 0 Å². The Hall–Kier alpha value is -1.97. The lowest BCUT2D eigenvalue weighted by Crippen LogP contribution is -2.16. The smallest absolute Gasteiger partial charge is 0.155 e. The van der Waals surface area contributed by atoms with E-state index in [0.717, 1.165) is 0 Å². The molecule has 0 bridgehead atoms. The van der Waals surface area contributed by atoms with E-state index in [1.165, 1.54) is 22.0 Å². The predicted octanol–water partition coefficient (Wildman–Crippen LogP) is 3.26. The van der Waals surface area contributed by atoms with Gasteiger partial charge in [0, 0.05) is 30.1 Å². The zero-order valence-electron chi connectivity index (χ0n) is 11.6. The lowest BCUT2D eigenvalue weighted by Gasteiger charge is -2.09. The van der Waals surface area contributed by atoms with E-state index in [0.29, 0.717) is 6.42 Å². The van der Waals surface area contributed by atoms with Crippen LogP contribution in [0.15, 0.2) is 29.5 Å². The second-order valence-corrected chi connectivity index (χ2v) is 5.16. The van der Waals surface area contributed by atoms with Crippen LogP contribution in [0.3, 0.4) is 0 Å². The number of aromatic nitrogens is 1. The number of ketones is 1. The lowest BCUT2D eigenvalue weighted by molar-refractivity contribution is -0.120. The molecule has 0 aliphatic rings. The van der Waals surface area contributed by atoms with Crippen LogP contribution < -0.4 is 0 Å². The van der Waals surface area contributed by atoms with Crippen LogP contribution in [0.5, 0.6) is 0 Å². The molecule has 2 aromatic rings. The monoisotopic (exact) mass is 256 g/mol. The van der Waals surface area contributed by atoms with Crippen molar-refractivity contribution in [2.24, 2.45) is 18.1 Å². The first-order valence-corrected chi connectivity index (χ1v) is 6.41. The van der Waals surface area contributed by atoms with Gasteiger partial charge in [-0.1, -0.05) is 18.6 Å². The van der Waals surface area contributed by atoms with Crippen LogP contribution in [-0.2, 0) is 18.3 Å². The van der Waals surface area contributed by atoms with Gasteiger partial charge < -0.3 is 15.2 Å². The average molecular weight is 256 g/mol. The first-order valence-electron chi connectivity index (χ1n) is 6.41. The number of fused-ring (bicyclic) bond motifs is 1.